The van der Waals surface area contributed by atoms with Gasteiger partial charge >= 0.3 is 7.12 Å². The molecule has 5 heteroatoms. The summed E-state index contributed by atoms with van der Waals surface area (Å²) in [6.45, 7) is 7.69. The molecule has 0 aromatic carbocycles. The molecular formula is C9H16BNO3. The maximum Gasteiger partial charge on any atom is 0.499 e. The summed E-state index contributed by atoms with van der Waals surface area (Å²) < 4.78 is 11.2. The van der Waals surface area contributed by atoms with E-state index in [1.54, 1.807) is 0 Å². The van der Waals surface area contributed by atoms with Crippen molar-refractivity contribution in [1.82, 2.24) is 0 Å². The first-order chi connectivity index (χ1) is 6.34. The molecule has 2 N–H and O–H groups in total. The van der Waals surface area contributed by atoms with Crippen molar-refractivity contribution in [3.8, 4) is 0 Å². The van der Waals surface area contributed by atoms with Crippen LogP contribution >= 0.6 is 0 Å². The summed E-state index contributed by atoms with van der Waals surface area (Å²) in [4.78, 5) is 0. The Morgan fingerprint density at radius 3 is 1.93 bits per heavy atom. The van der Waals surface area contributed by atoms with Crippen molar-refractivity contribution in [2.75, 3.05) is 0 Å². The van der Waals surface area contributed by atoms with Crippen LogP contribution in [0.15, 0.2) is 11.7 Å². The van der Waals surface area contributed by atoms with Crippen LogP contribution in [0.2, 0.25) is 0 Å². The summed E-state index contributed by atoms with van der Waals surface area (Å²) in [7, 11) is -0.650. The summed E-state index contributed by atoms with van der Waals surface area (Å²) in [6, 6.07) is 0. The van der Waals surface area contributed by atoms with Gasteiger partial charge in [-0.3, -0.25) is 0 Å². The molecule has 0 aromatic heterocycles. The van der Waals surface area contributed by atoms with E-state index in [4.69, 9.17) is 19.8 Å². The molecule has 1 aliphatic heterocycles. The first-order valence-corrected chi connectivity index (χ1v) is 4.54. The Bertz CT molecular complexity index is 257. The first kappa shape index (κ1) is 11.3. The van der Waals surface area contributed by atoms with Crippen molar-refractivity contribution in [2.24, 2.45) is 0 Å². The van der Waals surface area contributed by atoms with Gasteiger partial charge in [0.2, 0.25) is 0 Å². The van der Waals surface area contributed by atoms with Crippen LogP contribution in [0.1, 0.15) is 27.7 Å². The SMILES string of the molecule is CC1(C)OB(/C(C=N)=C/O)OC1(C)C. The molecule has 0 atom stereocenters. The zero-order valence-electron chi connectivity index (χ0n) is 9.00. The smallest absolute Gasteiger partial charge is 0.499 e. The van der Waals surface area contributed by atoms with Crippen molar-refractivity contribution < 1.29 is 14.4 Å². The Kier molecular flexibility index (Phi) is 2.74. The Balaban J connectivity index is 2.88. The minimum absolute atomic E-state index is 0.323. The fourth-order valence-corrected chi connectivity index (χ4v) is 1.15. The van der Waals surface area contributed by atoms with Gasteiger partial charge in [-0.05, 0) is 27.7 Å². The van der Waals surface area contributed by atoms with E-state index in [1.165, 1.54) is 0 Å². The Hall–Kier alpha value is -0.805. The highest BCUT2D eigenvalue weighted by atomic mass is 16.7. The highest BCUT2D eigenvalue weighted by Gasteiger charge is 2.52. The second-order valence-corrected chi connectivity index (χ2v) is 4.36. The molecular weight excluding hydrogens is 181 g/mol. The molecule has 0 amide bonds. The van der Waals surface area contributed by atoms with E-state index in [1.807, 2.05) is 27.7 Å². The molecule has 0 saturated carbocycles. The van der Waals surface area contributed by atoms with Crippen LogP contribution < -0.4 is 0 Å². The average Bonchev–Trinajstić information content (AvgIpc) is 2.23. The molecule has 78 valence electrons. The van der Waals surface area contributed by atoms with Crippen LogP contribution in [0.5, 0.6) is 0 Å². The van der Waals surface area contributed by atoms with Gasteiger partial charge in [0, 0.05) is 11.7 Å². The van der Waals surface area contributed by atoms with Gasteiger partial charge < -0.3 is 19.8 Å². The monoisotopic (exact) mass is 197 g/mol. The van der Waals surface area contributed by atoms with Gasteiger partial charge in [0.25, 0.3) is 0 Å². The molecule has 1 rings (SSSR count). The molecule has 0 aromatic rings. The highest BCUT2D eigenvalue weighted by molar-refractivity contribution is 6.60. The minimum Gasteiger partial charge on any atom is -0.516 e. The summed E-state index contributed by atoms with van der Waals surface area (Å²) in [5.74, 6) is 0. The van der Waals surface area contributed by atoms with Gasteiger partial charge in [0.05, 0.1) is 17.5 Å². The third kappa shape index (κ3) is 1.70. The van der Waals surface area contributed by atoms with Crippen molar-refractivity contribution >= 4 is 13.3 Å². The zero-order valence-corrected chi connectivity index (χ0v) is 9.00. The molecule has 0 aliphatic carbocycles. The predicted octanol–water partition coefficient (Wildman–Crippen LogP) is 1.71. The van der Waals surface area contributed by atoms with Crippen LogP contribution in [0.4, 0.5) is 0 Å². The fourth-order valence-electron chi connectivity index (χ4n) is 1.15. The zero-order chi connectivity index (χ0) is 11.0. The molecule has 14 heavy (non-hydrogen) atoms. The van der Waals surface area contributed by atoms with E-state index in [2.05, 4.69) is 0 Å². The van der Waals surface area contributed by atoms with Crippen molar-refractivity contribution in [1.29, 1.82) is 5.41 Å². The van der Waals surface area contributed by atoms with Gasteiger partial charge in [0.1, 0.15) is 0 Å². The van der Waals surface area contributed by atoms with E-state index >= 15 is 0 Å². The van der Waals surface area contributed by atoms with Gasteiger partial charge in [-0.25, -0.2) is 0 Å². The van der Waals surface area contributed by atoms with E-state index in [9.17, 15) is 0 Å². The summed E-state index contributed by atoms with van der Waals surface area (Å²) >= 11 is 0. The fraction of sp³-hybridized carbons (Fsp3) is 0.667. The lowest BCUT2D eigenvalue weighted by atomic mass is 9.80. The molecule has 0 unspecified atom stereocenters. The molecule has 1 aliphatic rings. The van der Waals surface area contributed by atoms with Crippen LogP contribution in [0, 0.1) is 5.41 Å². The number of rotatable bonds is 2. The van der Waals surface area contributed by atoms with E-state index in [-0.39, 0.29) is 0 Å². The Morgan fingerprint density at radius 2 is 1.64 bits per heavy atom. The molecule has 0 bridgehead atoms. The van der Waals surface area contributed by atoms with Crippen LogP contribution in [-0.4, -0.2) is 29.6 Å². The number of aliphatic hydroxyl groups is 1. The van der Waals surface area contributed by atoms with Crippen molar-refractivity contribution in [2.45, 2.75) is 38.9 Å². The lowest BCUT2D eigenvalue weighted by molar-refractivity contribution is 0.00578. The number of nitrogens with one attached hydrogen (secondary N) is 1. The Morgan fingerprint density at radius 1 is 1.21 bits per heavy atom. The molecule has 4 nitrogen and oxygen atoms in total. The van der Waals surface area contributed by atoms with Gasteiger partial charge in [-0.15, -0.1) is 0 Å². The van der Waals surface area contributed by atoms with E-state index in [0.29, 0.717) is 5.47 Å². The van der Waals surface area contributed by atoms with Crippen molar-refractivity contribution in [3.63, 3.8) is 0 Å². The van der Waals surface area contributed by atoms with Crippen LogP contribution in [0.25, 0.3) is 0 Å². The molecule has 0 radical (unpaired) electrons. The third-order valence-electron chi connectivity index (χ3n) is 2.84. The second kappa shape index (κ2) is 3.40. The lowest BCUT2D eigenvalue weighted by Crippen LogP contribution is -2.41. The number of hydrogen-bond acceptors (Lipinski definition) is 4. The minimum atomic E-state index is -0.650. The van der Waals surface area contributed by atoms with E-state index < -0.39 is 18.3 Å². The number of allylic oxidation sites excluding steroid dienone is 1. The molecule has 1 heterocycles. The normalized spacial score (nSPS) is 25.1. The third-order valence-corrected chi connectivity index (χ3v) is 2.84. The van der Waals surface area contributed by atoms with Gasteiger partial charge in [0.15, 0.2) is 0 Å². The van der Waals surface area contributed by atoms with Gasteiger partial charge in [-0.1, -0.05) is 0 Å². The maximum absolute atomic E-state index is 8.85. The summed E-state index contributed by atoms with van der Waals surface area (Å²) in [5.41, 5.74) is -0.548. The second-order valence-electron chi connectivity index (χ2n) is 4.36. The lowest BCUT2D eigenvalue weighted by Gasteiger charge is -2.32. The summed E-state index contributed by atoms with van der Waals surface area (Å²) in [6.07, 6.45) is 1.87. The summed E-state index contributed by atoms with van der Waals surface area (Å²) in [5, 5.41) is 15.9. The standard InChI is InChI=1S/C9H16BNO3/c1-8(2)9(3,4)14-10(13-8)7(5-11)6-12/h5-6,11-12H,1-4H3/b7-6+,11-5?. The topological polar surface area (TPSA) is 62.5 Å². The molecule has 0 spiro atoms. The number of aliphatic hydroxyl groups excluding tert-OH is 1. The quantitative estimate of drug-likeness (QED) is 0.402. The Labute approximate surface area is 84.6 Å². The average molecular weight is 197 g/mol. The van der Waals surface area contributed by atoms with Gasteiger partial charge in [-0.2, -0.15) is 0 Å². The molecule has 1 fully saturated rings. The number of hydrogen-bond donors (Lipinski definition) is 2. The largest absolute Gasteiger partial charge is 0.516 e. The van der Waals surface area contributed by atoms with Crippen molar-refractivity contribution in [3.05, 3.63) is 11.7 Å². The predicted molar refractivity (Wildman–Crippen MR) is 55.6 cm³/mol. The van der Waals surface area contributed by atoms with E-state index in [0.717, 1.165) is 12.5 Å². The van der Waals surface area contributed by atoms with Crippen LogP contribution in [-0.2, 0) is 9.31 Å². The molecule has 1 saturated heterocycles. The maximum atomic E-state index is 8.85. The van der Waals surface area contributed by atoms with Crippen LogP contribution in [0.3, 0.4) is 0 Å². The first-order valence-electron chi connectivity index (χ1n) is 4.54. The highest BCUT2D eigenvalue weighted by Crippen LogP contribution is 2.38.